The monoisotopic (exact) mass is 280 g/mol. The van der Waals surface area contributed by atoms with Gasteiger partial charge in [0.1, 0.15) is 5.82 Å². The van der Waals surface area contributed by atoms with Crippen LogP contribution in [0.15, 0.2) is 33.7 Å². The van der Waals surface area contributed by atoms with Crippen LogP contribution in [0.2, 0.25) is 0 Å². The Kier molecular flexibility index (Phi) is 3.52. The molecular weight excluding hydrogens is 267 g/mol. The third-order valence-electron chi connectivity index (χ3n) is 3.13. The van der Waals surface area contributed by atoms with Crippen molar-refractivity contribution in [2.75, 3.05) is 0 Å². The van der Waals surface area contributed by atoms with Gasteiger partial charge in [0.15, 0.2) is 5.82 Å². The molecule has 0 aliphatic heterocycles. The normalized spacial score (nSPS) is 22.2. The van der Waals surface area contributed by atoms with Gasteiger partial charge in [0.2, 0.25) is 5.89 Å². The van der Waals surface area contributed by atoms with Gasteiger partial charge in [-0.3, -0.25) is 0 Å². The van der Waals surface area contributed by atoms with Gasteiger partial charge in [0.25, 0.3) is 0 Å². The molecule has 0 unspecified atom stereocenters. The van der Waals surface area contributed by atoms with Crippen LogP contribution in [0.3, 0.4) is 0 Å². The SMILES string of the molecule is OC1CC(c2nc(CSc3ccc(F)cc3)no2)C1. The van der Waals surface area contributed by atoms with Crippen molar-refractivity contribution in [1.82, 2.24) is 10.1 Å². The Hall–Kier alpha value is -1.40. The first-order chi connectivity index (χ1) is 9.20. The van der Waals surface area contributed by atoms with E-state index in [1.807, 2.05) is 0 Å². The molecule has 6 heteroatoms. The van der Waals surface area contributed by atoms with Crippen molar-refractivity contribution in [3.63, 3.8) is 0 Å². The van der Waals surface area contributed by atoms with Crippen LogP contribution in [0.25, 0.3) is 0 Å². The van der Waals surface area contributed by atoms with Crippen molar-refractivity contribution in [3.05, 3.63) is 41.8 Å². The zero-order chi connectivity index (χ0) is 13.2. The van der Waals surface area contributed by atoms with E-state index in [1.54, 1.807) is 12.1 Å². The Morgan fingerprint density at radius 2 is 2.05 bits per heavy atom. The second-order valence-electron chi connectivity index (χ2n) is 4.61. The lowest BCUT2D eigenvalue weighted by Crippen LogP contribution is -2.26. The van der Waals surface area contributed by atoms with Crippen molar-refractivity contribution >= 4 is 11.8 Å². The molecule has 100 valence electrons. The Balaban J connectivity index is 1.57. The first-order valence-electron chi connectivity index (χ1n) is 6.09. The zero-order valence-corrected chi connectivity index (χ0v) is 10.9. The van der Waals surface area contributed by atoms with Gasteiger partial charge in [-0.2, -0.15) is 4.98 Å². The van der Waals surface area contributed by atoms with Crippen LogP contribution in [0.4, 0.5) is 4.39 Å². The lowest BCUT2D eigenvalue weighted by molar-refractivity contribution is 0.0625. The summed E-state index contributed by atoms with van der Waals surface area (Å²) in [4.78, 5) is 5.28. The van der Waals surface area contributed by atoms with Gasteiger partial charge in [0, 0.05) is 10.8 Å². The fourth-order valence-corrected chi connectivity index (χ4v) is 2.70. The molecule has 0 amide bonds. The smallest absolute Gasteiger partial charge is 0.229 e. The minimum atomic E-state index is -0.241. The summed E-state index contributed by atoms with van der Waals surface area (Å²) in [5.41, 5.74) is 0. The molecule has 0 saturated heterocycles. The van der Waals surface area contributed by atoms with Gasteiger partial charge in [-0.15, -0.1) is 11.8 Å². The van der Waals surface area contributed by atoms with Gasteiger partial charge >= 0.3 is 0 Å². The minimum absolute atomic E-state index is 0.201. The van der Waals surface area contributed by atoms with Crippen LogP contribution in [0, 0.1) is 5.82 Å². The van der Waals surface area contributed by atoms with Gasteiger partial charge in [-0.25, -0.2) is 4.39 Å². The standard InChI is InChI=1S/C13H13FN2O2S/c14-9-1-3-11(4-2-9)19-7-12-15-13(18-16-12)8-5-10(17)6-8/h1-4,8,10,17H,5-7H2. The summed E-state index contributed by atoms with van der Waals surface area (Å²) in [7, 11) is 0. The summed E-state index contributed by atoms with van der Waals surface area (Å²) >= 11 is 1.53. The number of nitrogens with zero attached hydrogens (tertiary/aromatic N) is 2. The molecule has 1 heterocycles. The fourth-order valence-electron chi connectivity index (χ4n) is 1.96. The van der Waals surface area contributed by atoms with Gasteiger partial charge in [0.05, 0.1) is 11.9 Å². The molecule has 4 nitrogen and oxygen atoms in total. The lowest BCUT2D eigenvalue weighted by atomic mass is 9.82. The third-order valence-corrected chi connectivity index (χ3v) is 4.14. The largest absolute Gasteiger partial charge is 0.393 e. The van der Waals surface area contributed by atoms with E-state index in [2.05, 4.69) is 10.1 Å². The predicted molar refractivity (Wildman–Crippen MR) is 68.2 cm³/mol. The number of hydrogen-bond donors (Lipinski definition) is 1. The number of thioether (sulfide) groups is 1. The summed E-state index contributed by atoms with van der Waals surface area (Å²) < 4.78 is 17.9. The molecule has 19 heavy (non-hydrogen) atoms. The first-order valence-corrected chi connectivity index (χ1v) is 7.08. The topological polar surface area (TPSA) is 59.2 Å². The Bertz CT molecular complexity index is 552. The number of benzene rings is 1. The third kappa shape index (κ3) is 2.96. The maximum absolute atomic E-state index is 12.7. The number of rotatable bonds is 4. The Morgan fingerprint density at radius 1 is 1.32 bits per heavy atom. The van der Waals surface area contributed by atoms with E-state index in [1.165, 1.54) is 23.9 Å². The number of aliphatic hydroxyl groups excluding tert-OH is 1. The lowest BCUT2D eigenvalue weighted by Gasteiger charge is -2.27. The second kappa shape index (κ2) is 5.30. The van der Waals surface area contributed by atoms with Gasteiger partial charge in [-0.05, 0) is 37.1 Å². The van der Waals surface area contributed by atoms with Gasteiger partial charge in [-0.1, -0.05) is 5.16 Å². The molecular formula is C13H13FN2O2S. The number of hydrogen-bond acceptors (Lipinski definition) is 5. The fraction of sp³-hybridized carbons (Fsp3) is 0.385. The van der Waals surface area contributed by atoms with Crippen LogP contribution in [-0.2, 0) is 5.75 Å². The highest BCUT2D eigenvalue weighted by atomic mass is 32.2. The van der Waals surface area contributed by atoms with Crippen molar-refractivity contribution in [3.8, 4) is 0 Å². The van der Waals surface area contributed by atoms with E-state index in [0.717, 1.165) is 4.90 Å². The molecule has 2 aromatic rings. The molecule has 1 aliphatic carbocycles. The van der Waals surface area contributed by atoms with Crippen molar-refractivity contribution < 1.29 is 14.0 Å². The molecule has 0 atom stereocenters. The van der Waals surface area contributed by atoms with Crippen LogP contribution < -0.4 is 0 Å². The van der Waals surface area contributed by atoms with E-state index < -0.39 is 0 Å². The molecule has 1 fully saturated rings. The van der Waals surface area contributed by atoms with E-state index in [4.69, 9.17) is 4.52 Å². The second-order valence-corrected chi connectivity index (χ2v) is 5.66. The summed E-state index contributed by atoms with van der Waals surface area (Å²) in [6.07, 6.45) is 1.17. The number of halogens is 1. The molecule has 1 aromatic heterocycles. The molecule has 1 saturated carbocycles. The highest BCUT2D eigenvalue weighted by Gasteiger charge is 2.32. The summed E-state index contributed by atoms with van der Waals surface area (Å²) in [6.45, 7) is 0. The quantitative estimate of drug-likeness (QED) is 0.873. The van der Waals surface area contributed by atoms with Crippen molar-refractivity contribution in [2.45, 2.75) is 35.5 Å². The summed E-state index contributed by atoms with van der Waals surface area (Å²) in [6, 6.07) is 6.31. The zero-order valence-electron chi connectivity index (χ0n) is 10.1. The molecule has 0 bridgehead atoms. The molecule has 0 radical (unpaired) electrons. The van der Waals surface area contributed by atoms with E-state index in [0.29, 0.717) is 30.3 Å². The van der Waals surface area contributed by atoms with Crippen LogP contribution >= 0.6 is 11.8 Å². The van der Waals surface area contributed by atoms with Crippen LogP contribution in [-0.4, -0.2) is 21.4 Å². The maximum atomic E-state index is 12.7. The molecule has 0 spiro atoms. The molecule has 3 rings (SSSR count). The van der Waals surface area contributed by atoms with Crippen LogP contribution in [0.1, 0.15) is 30.5 Å². The number of aromatic nitrogens is 2. The van der Waals surface area contributed by atoms with E-state index in [9.17, 15) is 9.50 Å². The summed E-state index contributed by atoms with van der Waals surface area (Å²) in [5.74, 6) is 1.79. The van der Waals surface area contributed by atoms with Gasteiger partial charge < -0.3 is 9.63 Å². The Morgan fingerprint density at radius 3 is 2.74 bits per heavy atom. The molecule has 1 N–H and O–H groups in total. The van der Waals surface area contributed by atoms with E-state index in [-0.39, 0.29) is 17.8 Å². The van der Waals surface area contributed by atoms with Crippen LogP contribution in [0.5, 0.6) is 0 Å². The average molecular weight is 280 g/mol. The maximum Gasteiger partial charge on any atom is 0.229 e. The number of aliphatic hydroxyl groups is 1. The first kappa shape index (κ1) is 12.6. The van der Waals surface area contributed by atoms with E-state index >= 15 is 0 Å². The highest BCUT2D eigenvalue weighted by molar-refractivity contribution is 7.98. The average Bonchev–Trinajstić information content (AvgIpc) is 2.83. The van der Waals surface area contributed by atoms with Crippen molar-refractivity contribution in [2.24, 2.45) is 0 Å². The Labute approximate surface area is 114 Å². The molecule has 1 aliphatic rings. The molecule has 1 aromatic carbocycles. The summed E-state index contributed by atoms with van der Waals surface area (Å²) in [5, 5.41) is 13.2. The highest BCUT2D eigenvalue weighted by Crippen LogP contribution is 2.36. The minimum Gasteiger partial charge on any atom is -0.393 e. The van der Waals surface area contributed by atoms with Crippen molar-refractivity contribution in [1.29, 1.82) is 0 Å². The predicted octanol–water partition coefficient (Wildman–Crippen LogP) is 2.74.